The molecule has 0 saturated heterocycles. The van der Waals surface area contributed by atoms with Crippen molar-refractivity contribution in [3.05, 3.63) is 0 Å². The highest BCUT2D eigenvalue weighted by Gasteiger charge is 2.32. The minimum atomic E-state index is 0.135. The monoisotopic (exact) mass is 707 g/mol. The Morgan fingerprint density at radius 2 is 0.388 bits per heavy atom. The summed E-state index contributed by atoms with van der Waals surface area (Å²) in [6.45, 7) is 14.7. The Balaban J connectivity index is 4.80. The van der Waals surface area contributed by atoms with Crippen molar-refractivity contribution in [3.8, 4) is 0 Å². The molecule has 3 atom stereocenters. The molecule has 0 fully saturated rings. The van der Waals surface area contributed by atoms with Crippen LogP contribution in [-0.2, 0) is 0 Å². The van der Waals surface area contributed by atoms with Crippen LogP contribution in [0.3, 0.4) is 0 Å². The molecule has 0 aromatic rings. The van der Waals surface area contributed by atoms with Gasteiger partial charge in [-0.15, -0.1) is 0 Å². The molecule has 0 aliphatic rings. The Morgan fingerprint density at radius 1 is 0.224 bits per heavy atom. The van der Waals surface area contributed by atoms with Crippen LogP contribution in [0.1, 0.15) is 292 Å². The largest absolute Gasteiger partial charge is 0.0972 e. The van der Waals surface area contributed by atoms with Crippen LogP contribution in [0.5, 0.6) is 0 Å². The molecule has 0 radical (unpaired) electrons. The second-order valence-electron chi connectivity index (χ2n) is 16.6. The number of hydrogen-bond donors (Lipinski definition) is 0. The van der Waals surface area contributed by atoms with Gasteiger partial charge < -0.3 is 0 Å². The van der Waals surface area contributed by atoms with Crippen molar-refractivity contribution in [2.24, 2.45) is 0 Å². The van der Waals surface area contributed by atoms with Crippen molar-refractivity contribution < 1.29 is 0 Å². The smallest absolute Gasteiger partial charge is 0.0207 e. The zero-order valence-corrected chi connectivity index (χ0v) is 36.7. The summed E-state index contributed by atoms with van der Waals surface area (Å²) in [4.78, 5) is 0. The summed E-state index contributed by atoms with van der Waals surface area (Å²) in [6.07, 6.45) is 57.6. The second kappa shape index (κ2) is 41.2. The van der Waals surface area contributed by atoms with Crippen molar-refractivity contribution in [1.82, 2.24) is 0 Å². The molecule has 1 heteroatoms. The van der Waals surface area contributed by atoms with Crippen molar-refractivity contribution in [1.29, 1.82) is 0 Å². The molecule has 0 aromatic carbocycles. The van der Waals surface area contributed by atoms with Gasteiger partial charge in [-0.05, 0) is 55.5 Å². The summed E-state index contributed by atoms with van der Waals surface area (Å²) >= 11 is 0. The number of unbranched alkanes of at least 4 members (excludes halogenated alkanes) is 30. The van der Waals surface area contributed by atoms with Gasteiger partial charge in [0, 0.05) is 0 Å². The Morgan fingerprint density at radius 3 is 0.551 bits per heavy atom. The van der Waals surface area contributed by atoms with Crippen molar-refractivity contribution in [2.75, 3.05) is 0 Å². The van der Waals surface area contributed by atoms with Crippen LogP contribution in [-0.4, -0.2) is 17.0 Å². The molecule has 0 spiro atoms. The quantitative estimate of drug-likeness (QED) is 0.0438. The fraction of sp³-hybridized carbons (Fsp3) is 1.00. The molecule has 296 valence electrons. The number of rotatable bonds is 42. The van der Waals surface area contributed by atoms with E-state index in [1.54, 1.807) is 19.3 Å². The van der Waals surface area contributed by atoms with Crippen LogP contribution < -0.4 is 0 Å². The van der Waals surface area contributed by atoms with Gasteiger partial charge >= 0.3 is 0 Å². The molecular weight excluding hydrogens is 608 g/mol. The summed E-state index contributed by atoms with van der Waals surface area (Å²) in [6, 6.07) is 0. The highest BCUT2D eigenvalue weighted by Crippen LogP contribution is 2.58. The molecule has 0 rings (SSSR count). The Labute approximate surface area is 315 Å². The lowest BCUT2D eigenvalue weighted by atomic mass is 10.0. The van der Waals surface area contributed by atoms with Gasteiger partial charge in [0.15, 0.2) is 0 Å². The minimum absolute atomic E-state index is 0.135. The topological polar surface area (TPSA) is 0 Å². The zero-order chi connectivity index (χ0) is 35.9. The van der Waals surface area contributed by atoms with Gasteiger partial charge in [0.05, 0.1) is 0 Å². The molecule has 0 amide bonds. The maximum Gasteiger partial charge on any atom is -0.0207 e. The summed E-state index contributed by atoms with van der Waals surface area (Å²) in [5.41, 5.74) is 3.09. The van der Waals surface area contributed by atoms with E-state index in [-0.39, 0.29) is 7.92 Å². The molecular formula is C48H99P. The highest BCUT2D eigenvalue weighted by molar-refractivity contribution is 7.59. The lowest BCUT2D eigenvalue weighted by Gasteiger charge is -2.40. The van der Waals surface area contributed by atoms with Crippen LogP contribution in [0.2, 0.25) is 0 Å². The van der Waals surface area contributed by atoms with Crippen LogP contribution in [0.15, 0.2) is 0 Å². The van der Waals surface area contributed by atoms with E-state index in [1.165, 1.54) is 231 Å². The first kappa shape index (κ1) is 49.4. The predicted octanol–water partition coefficient (Wildman–Crippen LogP) is 18.9. The summed E-state index contributed by atoms with van der Waals surface area (Å²) in [7, 11) is 0.135. The van der Waals surface area contributed by atoms with E-state index in [1.807, 2.05) is 0 Å². The SMILES string of the molecule is CCCCCCCCCCCCCC(CC)P(C(CC)CCCCCCCCCCCCC)C(CC)CCCCCCCCCCCCC. The predicted molar refractivity (Wildman–Crippen MR) is 232 cm³/mol. The molecule has 49 heavy (non-hydrogen) atoms. The standard InChI is InChI=1S/C48H99P/c1-7-13-16-19-22-25-28-31-34-37-40-43-46(10-4)49(47(11-5)44-41-38-35-32-29-26-23-20-17-14-8-2)48(12-6)45-42-39-36-33-30-27-24-21-18-15-9-3/h46-48H,7-45H2,1-6H3. The van der Waals surface area contributed by atoms with E-state index in [2.05, 4.69) is 41.5 Å². The lowest BCUT2D eigenvalue weighted by Crippen LogP contribution is -2.23. The number of hydrogen-bond acceptors (Lipinski definition) is 0. The third-order valence-electron chi connectivity index (χ3n) is 12.1. The van der Waals surface area contributed by atoms with E-state index >= 15 is 0 Å². The van der Waals surface area contributed by atoms with E-state index in [9.17, 15) is 0 Å². The van der Waals surface area contributed by atoms with Gasteiger partial charge in [0.1, 0.15) is 0 Å². The molecule has 0 saturated carbocycles. The molecule has 0 N–H and O–H groups in total. The fourth-order valence-corrected chi connectivity index (χ4v) is 13.2. The third kappa shape index (κ3) is 31.7. The lowest BCUT2D eigenvalue weighted by molar-refractivity contribution is 0.525. The Kier molecular flexibility index (Phi) is 41.6. The van der Waals surface area contributed by atoms with Crippen LogP contribution in [0.4, 0.5) is 0 Å². The maximum atomic E-state index is 2.57. The minimum Gasteiger partial charge on any atom is -0.0972 e. The van der Waals surface area contributed by atoms with Gasteiger partial charge in [-0.3, -0.25) is 0 Å². The molecule has 3 unspecified atom stereocenters. The first-order chi connectivity index (χ1) is 24.2. The van der Waals surface area contributed by atoms with Crippen LogP contribution >= 0.6 is 7.92 Å². The van der Waals surface area contributed by atoms with Crippen LogP contribution in [0, 0.1) is 0 Å². The molecule has 0 aromatic heterocycles. The van der Waals surface area contributed by atoms with E-state index < -0.39 is 0 Å². The van der Waals surface area contributed by atoms with Gasteiger partial charge in [0.2, 0.25) is 0 Å². The molecule has 0 aliphatic heterocycles. The fourth-order valence-electron chi connectivity index (χ4n) is 8.72. The first-order valence-electron chi connectivity index (χ1n) is 24.0. The van der Waals surface area contributed by atoms with E-state index in [4.69, 9.17) is 0 Å². The van der Waals surface area contributed by atoms with Gasteiger partial charge in [-0.2, -0.15) is 0 Å². The average Bonchev–Trinajstić information content (AvgIpc) is 3.12. The van der Waals surface area contributed by atoms with Gasteiger partial charge in [-0.25, -0.2) is 0 Å². The van der Waals surface area contributed by atoms with Gasteiger partial charge in [0.25, 0.3) is 0 Å². The maximum absolute atomic E-state index is 2.57. The van der Waals surface area contributed by atoms with Gasteiger partial charge in [-0.1, -0.05) is 261 Å². The second-order valence-corrected chi connectivity index (χ2v) is 19.7. The highest BCUT2D eigenvalue weighted by atomic mass is 31.1. The van der Waals surface area contributed by atoms with E-state index in [0.717, 1.165) is 17.0 Å². The normalized spacial score (nSPS) is 14.3. The molecule has 0 bridgehead atoms. The van der Waals surface area contributed by atoms with Crippen molar-refractivity contribution >= 4 is 7.92 Å². The first-order valence-corrected chi connectivity index (χ1v) is 25.5. The van der Waals surface area contributed by atoms with Crippen molar-refractivity contribution in [3.63, 3.8) is 0 Å². The molecule has 0 nitrogen and oxygen atoms in total. The summed E-state index contributed by atoms with van der Waals surface area (Å²) < 4.78 is 0. The van der Waals surface area contributed by atoms with Crippen LogP contribution in [0.25, 0.3) is 0 Å². The van der Waals surface area contributed by atoms with E-state index in [0.29, 0.717) is 0 Å². The third-order valence-corrected chi connectivity index (χ3v) is 16.5. The Bertz CT molecular complexity index is 505. The molecule has 0 aliphatic carbocycles. The molecule has 0 heterocycles. The average molecular weight is 707 g/mol. The van der Waals surface area contributed by atoms with Crippen molar-refractivity contribution in [2.45, 2.75) is 309 Å². The summed E-state index contributed by atoms with van der Waals surface area (Å²) in [5.74, 6) is 0. The summed E-state index contributed by atoms with van der Waals surface area (Å²) in [5, 5.41) is 0. The zero-order valence-electron chi connectivity index (χ0n) is 35.8. The Hall–Kier alpha value is 0.430.